The predicted octanol–water partition coefficient (Wildman–Crippen LogP) is 3.28. The van der Waals surface area contributed by atoms with Crippen LogP contribution in [0.15, 0.2) is 47.3 Å². The third-order valence-corrected chi connectivity index (χ3v) is 4.55. The first kappa shape index (κ1) is 14.2. The topological polar surface area (TPSA) is 52.3 Å². The van der Waals surface area contributed by atoms with E-state index in [1.54, 1.807) is 11.3 Å². The van der Waals surface area contributed by atoms with Crippen LogP contribution in [0.25, 0.3) is 20.2 Å². The number of ether oxygens (including phenoxy) is 1. The summed E-state index contributed by atoms with van der Waals surface area (Å²) in [7, 11) is 0. The summed E-state index contributed by atoms with van der Waals surface area (Å²) in [6.07, 6.45) is 0.854. The molecule has 3 aromatic rings. The van der Waals surface area contributed by atoms with Gasteiger partial charge in [0.05, 0.1) is 6.61 Å². The molecule has 0 saturated heterocycles. The minimum Gasteiger partial charge on any atom is -0.377 e. The Kier molecular flexibility index (Phi) is 4.29. The van der Waals surface area contributed by atoms with Crippen molar-refractivity contribution in [3.05, 3.63) is 58.3 Å². The molecule has 0 atom stereocenters. The summed E-state index contributed by atoms with van der Waals surface area (Å²) in [5.74, 6) is 0. The van der Waals surface area contributed by atoms with Gasteiger partial charge in [-0.3, -0.25) is 4.79 Å². The summed E-state index contributed by atoms with van der Waals surface area (Å²) in [5, 5.41) is 1.56. The van der Waals surface area contributed by atoms with E-state index in [0.29, 0.717) is 19.8 Å². The van der Waals surface area contributed by atoms with Crippen LogP contribution < -0.4 is 11.2 Å². The number of fused-ring (bicyclic) bond motifs is 2. The molecule has 2 aromatic carbocycles. The molecule has 4 heteroatoms. The molecule has 3 nitrogen and oxygen atoms in total. The monoisotopic (exact) mass is 299 g/mol. The van der Waals surface area contributed by atoms with Gasteiger partial charge in [0, 0.05) is 26.8 Å². The van der Waals surface area contributed by atoms with Gasteiger partial charge in [-0.05, 0) is 42.8 Å². The Morgan fingerprint density at radius 1 is 1.05 bits per heavy atom. The number of nitrogens with two attached hydrogens (primary N) is 1. The maximum atomic E-state index is 12.6. The van der Waals surface area contributed by atoms with Gasteiger partial charge in [0.1, 0.15) is 0 Å². The lowest BCUT2D eigenvalue weighted by atomic mass is 10.1. The van der Waals surface area contributed by atoms with E-state index in [2.05, 4.69) is 0 Å². The number of rotatable bonds is 5. The van der Waals surface area contributed by atoms with Crippen molar-refractivity contribution < 1.29 is 4.74 Å². The summed E-state index contributed by atoms with van der Waals surface area (Å²) in [4.78, 5) is 12.6. The van der Waals surface area contributed by atoms with Crippen molar-refractivity contribution in [2.24, 2.45) is 5.73 Å². The summed E-state index contributed by atoms with van der Waals surface area (Å²) in [6.45, 7) is 1.81. The first-order valence-corrected chi connectivity index (χ1v) is 7.83. The molecule has 0 bridgehead atoms. The Balaban J connectivity index is 1.99. The Morgan fingerprint density at radius 3 is 2.71 bits per heavy atom. The molecular weight excluding hydrogens is 282 g/mol. The van der Waals surface area contributed by atoms with E-state index in [-0.39, 0.29) is 5.43 Å². The number of hydrogen-bond donors (Lipinski definition) is 1. The molecule has 0 aliphatic carbocycles. The predicted molar refractivity (Wildman–Crippen MR) is 88.9 cm³/mol. The molecule has 1 aromatic heterocycles. The van der Waals surface area contributed by atoms with Crippen LogP contribution in [0, 0.1) is 0 Å². The highest BCUT2D eigenvalue weighted by Crippen LogP contribution is 2.25. The average molecular weight is 299 g/mol. The van der Waals surface area contributed by atoms with E-state index >= 15 is 0 Å². The standard InChI is InChI=1S/C17H17NO2S/c18-8-3-9-20-11-12-6-7-16-14(10-12)17(19)13-4-1-2-5-15(13)21-16/h1-2,4-7,10H,3,8-9,11,18H2. The van der Waals surface area contributed by atoms with Gasteiger partial charge in [-0.25, -0.2) is 0 Å². The molecule has 0 radical (unpaired) electrons. The van der Waals surface area contributed by atoms with E-state index in [4.69, 9.17) is 10.5 Å². The fourth-order valence-electron chi connectivity index (χ4n) is 2.32. The number of benzene rings is 2. The molecule has 108 valence electrons. The van der Waals surface area contributed by atoms with Gasteiger partial charge < -0.3 is 10.5 Å². The van der Waals surface area contributed by atoms with Crippen LogP contribution in [-0.2, 0) is 11.3 Å². The van der Waals surface area contributed by atoms with Crippen LogP contribution >= 0.6 is 11.3 Å². The van der Waals surface area contributed by atoms with Crippen molar-refractivity contribution in [2.75, 3.05) is 13.2 Å². The molecule has 2 N–H and O–H groups in total. The molecule has 0 aliphatic rings. The Morgan fingerprint density at radius 2 is 1.86 bits per heavy atom. The molecule has 1 heterocycles. The van der Waals surface area contributed by atoms with Crippen molar-refractivity contribution in [1.29, 1.82) is 0 Å². The van der Waals surface area contributed by atoms with Crippen LogP contribution in [0.5, 0.6) is 0 Å². The fourth-order valence-corrected chi connectivity index (χ4v) is 3.37. The summed E-state index contributed by atoms with van der Waals surface area (Å²) in [6, 6.07) is 13.7. The SMILES string of the molecule is NCCCOCc1ccc2sc3ccccc3c(=O)c2c1. The second-order valence-corrected chi connectivity index (χ2v) is 6.04. The minimum atomic E-state index is 0.100. The molecule has 0 saturated carbocycles. The fraction of sp³-hybridized carbons (Fsp3) is 0.235. The van der Waals surface area contributed by atoms with Crippen LogP contribution in [0.2, 0.25) is 0 Å². The summed E-state index contributed by atoms with van der Waals surface area (Å²) < 4.78 is 7.61. The summed E-state index contributed by atoms with van der Waals surface area (Å²) >= 11 is 1.65. The third kappa shape index (κ3) is 2.97. The second kappa shape index (κ2) is 6.35. The van der Waals surface area contributed by atoms with E-state index in [0.717, 1.165) is 32.2 Å². The Hall–Kier alpha value is -1.75. The maximum absolute atomic E-state index is 12.6. The van der Waals surface area contributed by atoms with E-state index in [9.17, 15) is 4.79 Å². The van der Waals surface area contributed by atoms with Crippen LogP contribution in [0.3, 0.4) is 0 Å². The largest absolute Gasteiger partial charge is 0.377 e. The van der Waals surface area contributed by atoms with Gasteiger partial charge in [-0.2, -0.15) is 0 Å². The zero-order valence-electron chi connectivity index (χ0n) is 11.7. The van der Waals surface area contributed by atoms with E-state index in [1.807, 2.05) is 42.5 Å². The van der Waals surface area contributed by atoms with Crippen molar-refractivity contribution in [2.45, 2.75) is 13.0 Å². The smallest absolute Gasteiger partial charge is 0.195 e. The molecule has 0 aliphatic heterocycles. The zero-order chi connectivity index (χ0) is 14.7. The molecule has 0 fully saturated rings. The van der Waals surface area contributed by atoms with Gasteiger partial charge in [0.25, 0.3) is 0 Å². The Labute approximate surface area is 127 Å². The lowest BCUT2D eigenvalue weighted by Gasteiger charge is -2.06. The minimum absolute atomic E-state index is 0.100. The quantitative estimate of drug-likeness (QED) is 0.581. The lowest BCUT2D eigenvalue weighted by Crippen LogP contribution is -2.05. The Bertz CT molecular complexity index is 826. The third-order valence-electron chi connectivity index (χ3n) is 3.40. The van der Waals surface area contributed by atoms with Crippen molar-refractivity contribution in [1.82, 2.24) is 0 Å². The lowest BCUT2D eigenvalue weighted by molar-refractivity contribution is 0.120. The second-order valence-electron chi connectivity index (χ2n) is 4.95. The van der Waals surface area contributed by atoms with Gasteiger partial charge in [0.15, 0.2) is 5.43 Å². The van der Waals surface area contributed by atoms with Crippen molar-refractivity contribution in [3.8, 4) is 0 Å². The molecule has 0 amide bonds. The van der Waals surface area contributed by atoms with E-state index < -0.39 is 0 Å². The highest BCUT2D eigenvalue weighted by molar-refractivity contribution is 7.24. The molecule has 21 heavy (non-hydrogen) atoms. The highest BCUT2D eigenvalue weighted by atomic mass is 32.1. The normalized spacial score (nSPS) is 11.3. The van der Waals surface area contributed by atoms with Crippen molar-refractivity contribution in [3.63, 3.8) is 0 Å². The molecule has 3 rings (SSSR count). The molecule has 0 unspecified atom stereocenters. The van der Waals surface area contributed by atoms with Gasteiger partial charge in [-0.15, -0.1) is 11.3 Å². The van der Waals surface area contributed by atoms with Gasteiger partial charge in [0.2, 0.25) is 0 Å². The zero-order valence-corrected chi connectivity index (χ0v) is 12.5. The van der Waals surface area contributed by atoms with Gasteiger partial charge in [-0.1, -0.05) is 18.2 Å². The molecule has 0 spiro atoms. The van der Waals surface area contributed by atoms with Crippen molar-refractivity contribution >= 4 is 31.5 Å². The first-order chi connectivity index (χ1) is 10.3. The van der Waals surface area contributed by atoms with E-state index in [1.165, 1.54) is 0 Å². The maximum Gasteiger partial charge on any atom is 0.195 e. The van der Waals surface area contributed by atoms with Crippen LogP contribution in [0.4, 0.5) is 0 Å². The highest BCUT2D eigenvalue weighted by Gasteiger charge is 2.06. The average Bonchev–Trinajstić information content (AvgIpc) is 2.52. The first-order valence-electron chi connectivity index (χ1n) is 7.02. The molecular formula is C17H17NO2S. The van der Waals surface area contributed by atoms with Crippen LogP contribution in [0.1, 0.15) is 12.0 Å². The van der Waals surface area contributed by atoms with Gasteiger partial charge >= 0.3 is 0 Å². The summed E-state index contributed by atoms with van der Waals surface area (Å²) in [5.41, 5.74) is 6.56. The number of hydrogen-bond acceptors (Lipinski definition) is 4. The van der Waals surface area contributed by atoms with Crippen LogP contribution in [-0.4, -0.2) is 13.2 Å².